The summed E-state index contributed by atoms with van der Waals surface area (Å²) in [4.78, 5) is 21.8. The number of hydrogen-bond donors (Lipinski definition) is 2. The van der Waals surface area contributed by atoms with Crippen LogP contribution in [0.25, 0.3) is 22.2 Å². The zero-order chi connectivity index (χ0) is 33.6. The van der Waals surface area contributed by atoms with Crippen molar-refractivity contribution in [1.29, 1.82) is 0 Å². The first kappa shape index (κ1) is 32.8. The molecule has 2 aliphatic rings. The van der Waals surface area contributed by atoms with Crippen molar-refractivity contribution in [1.82, 2.24) is 19.9 Å². The van der Waals surface area contributed by atoms with Gasteiger partial charge in [0.15, 0.2) is 9.84 Å². The highest BCUT2D eigenvalue weighted by Crippen LogP contribution is 2.39. The quantitative estimate of drug-likeness (QED) is 0.191. The highest BCUT2D eigenvalue weighted by Gasteiger charge is 2.38. The Bertz CT molecular complexity index is 1950. The van der Waals surface area contributed by atoms with Crippen LogP contribution in [0.2, 0.25) is 0 Å². The van der Waals surface area contributed by atoms with Crippen LogP contribution in [0.1, 0.15) is 38.2 Å². The summed E-state index contributed by atoms with van der Waals surface area (Å²) in [7, 11) is -4.77. The van der Waals surface area contributed by atoms with Crippen molar-refractivity contribution < 1.29 is 35.1 Å². The van der Waals surface area contributed by atoms with Gasteiger partial charge in [-0.15, -0.1) is 0 Å². The van der Waals surface area contributed by atoms with E-state index in [-0.39, 0.29) is 41.1 Å². The molecule has 1 aliphatic carbocycles. The van der Waals surface area contributed by atoms with Gasteiger partial charge in [0.1, 0.15) is 23.3 Å². The molecule has 1 saturated carbocycles. The van der Waals surface area contributed by atoms with E-state index in [2.05, 4.69) is 20.6 Å². The summed E-state index contributed by atoms with van der Waals surface area (Å²) in [5, 5.41) is 6.67. The van der Waals surface area contributed by atoms with Crippen LogP contribution in [0, 0.1) is 5.92 Å². The van der Waals surface area contributed by atoms with Crippen LogP contribution in [-0.2, 0) is 22.6 Å². The Morgan fingerprint density at radius 3 is 2.32 bits per heavy atom. The van der Waals surface area contributed by atoms with E-state index in [1.54, 1.807) is 12.1 Å². The van der Waals surface area contributed by atoms with Gasteiger partial charge in [-0.25, -0.2) is 22.2 Å². The van der Waals surface area contributed by atoms with E-state index < -0.39 is 49.3 Å². The summed E-state index contributed by atoms with van der Waals surface area (Å²) in [6, 6.07) is 10.4. The highest BCUT2D eigenvalue weighted by atomic mass is 32.2. The van der Waals surface area contributed by atoms with Crippen LogP contribution < -0.4 is 20.9 Å². The van der Waals surface area contributed by atoms with Crippen molar-refractivity contribution in [2.45, 2.75) is 62.3 Å². The number of aromatic nitrogens is 3. The Hall–Kier alpha value is -4.11. The molecule has 0 amide bonds. The number of nitrogens with one attached hydrogen (secondary N) is 2. The molecule has 0 radical (unpaired) electrons. The Kier molecular flexibility index (Phi) is 8.72. The largest absolute Gasteiger partial charge is 0.490 e. The average molecular weight is 678 g/mol. The molecule has 0 atom stereocenters. The van der Waals surface area contributed by atoms with E-state index >= 15 is 0 Å². The number of nitrogens with zero attached hydrogens (tertiary/aromatic N) is 3. The number of piperidine rings is 1. The van der Waals surface area contributed by atoms with Crippen molar-refractivity contribution in [3.63, 3.8) is 0 Å². The maximum absolute atomic E-state index is 14.3. The lowest BCUT2D eigenvalue weighted by molar-refractivity contribution is -0.137. The second kappa shape index (κ2) is 12.5. The second-order valence-corrected chi connectivity index (χ2v) is 14.1. The van der Waals surface area contributed by atoms with Gasteiger partial charge in [-0.2, -0.15) is 18.2 Å². The van der Waals surface area contributed by atoms with Gasteiger partial charge in [0.25, 0.3) is 11.5 Å². The Morgan fingerprint density at radius 1 is 0.979 bits per heavy atom. The zero-order valence-corrected chi connectivity index (χ0v) is 26.1. The van der Waals surface area contributed by atoms with Crippen molar-refractivity contribution in [2.24, 2.45) is 5.92 Å². The van der Waals surface area contributed by atoms with Crippen LogP contribution in [0.5, 0.6) is 5.75 Å². The molecule has 47 heavy (non-hydrogen) atoms. The fourth-order valence-corrected chi connectivity index (χ4v) is 7.00. The third-order valence-electron chi connectivity index (χ3n) is 8.05. The molecule has 9 nitrogen and oxygen atoms in total. The van der Waals surface area contributed by atoms with Gasteiger partial charge in [0.2, 0.25) is 5.95 Å². The van der Waals surface area contributed by atoms with Crippen LogP contribution in [0.15, 0.2) is 64.4 Å². The van der Waals surface area contributed by atoms with E-state index in [1.165, 1.54) is 16.8 Å². The number of pyridine rings is 1. The number of fused-ring (bicyclic) bond motifs is 1. The first-order chi connectivity index (χ1) is 22.2. The molecule has 1 saturated heterocycles. The van der Waals surface area contributed by atoms with Crippen molar-refractivity contribution in [3.05, 3.63) is 70.6 Å². The van der Waals surface area contributed by atoms with Crippen LogP contribution in [-0.4, -0.2) is 53.8 Å². The predicted molar refractivity (Wildman–Crippen MR) is 166 cm³/mol. The molecule has 250 valence electrons. The minimum absolute atomic E-state index is 0.135. The van der Waals surface area contributed by atoms with Gasteiger partial charge in [0.05, 0.1) is 10.5 Å². The predicted octanol–water partition coefficient (Wildman–Crippen LogP) is 6.19. The van der Waals surface area contributed by atoms with Crippen molar-refractivity contribution in [2.75, 3.05) is 24.2 Å². The Balaban J connectivity index is 1.35. The molecule has 4 aromatic rings. The van der Waals surface area contributed by atoms with Crippen LogP contribution >= 0.6 is 0 Å². The first-order valence-corrected chi connectivity index (χ1v) is 16.8. The number of benzene rings is 2. The fourth-order valence-electron chi connectivity index (χ4n) is 5.60. The summed E-state index contributed by atoms with van der Waals surface area (Å²) in [5.74, 6) is -4.30. The second-order valence-electron chi connectivity index (χ2n) is 12.1. The highest BCUT2D eigenvalue weighted by molar-refractivity contribution is 7.91. The summed E-state index contributed by atoms with van der Waals surface area (Å²) in [6.07, 6.45) is -0.0665. The molecule has 6 rings (SSSR count). The Morgan fingerprint density at radius 2 is 1.68 bits per heavy atom. The minimum atomic E-state index is -5.10. The molecule has 2 aromatic heterocycles. The average Bonchev–Trinajstić information content (AvgIpc) is 3.83. The Labute approximate surface area is 267 Å². The molecule has 1 aliphatic heterocycles. The molecule has 0 unspecified atom stereocenters. The van der Waals surface area contributed by atoms with E-state index in [0.717, 1.165) is 56.7 Å². The summed E-state index contributed by atoms with van der Waals surface area (Å²) >= 11 is 0. The number of halogens is 5. The molecular weight excluding hydrogens is 645 g/mol. The molecule has 0 spiro atoms. The number of rotatable bonds is 10. The number of hydrogen-bond acceptors (Lipinski definition) is 8. The number of anilines is 2. The van der Waals surface area contributed by atoms with Gasteiger partial charge in [-0.05, 0) is 92.7 Å². The lowest BCUT2D eigenvalue weighted by Crippen LogP contribution is -2.34. The molecule has 2 N–H and O–H groups in total. The number of ether oxygens (including phenoxy) is 1. The summed E-state index contributed by atoms with van der Waals surface area (Å²) < 4.78 is 102. The van der Waals surface area contributed by atoms with Crippen LogP contribution in [0.3, 0.4) is 0 Å². The topological polar surface area (TPSA) is 115 Å². The zero-order valence-electron chi connectivity index (χ0n) is 25.3. The van der Waals surface area contributed by atoms with E-state index in [1.807, 2.05) is 12.1 Å². The lowest BCUT2D eigenvalue weighted by Gasteiger charge is -2.23. The molecule has 2 fully saturated rings. The third kappa shape index (κ3) is 7.73. The number of sulfone groups is 1. The molecular formula is C32H32F5N5O4S. The van der Waals surface area contributed by atoms with Gasteiger partial charge >= 0.3 is 6.18 Å². The van der Waals surface area contributed by atoms with E-state index in [4.69, 9.17) is 4.74 Å². The standard InChI is InChI=1S/C32H32F5N5O4S/c1-31(33,34)18-47(44,45)24-8-9-25(27(15-24)32(35,36)37)26-14-20-16-39-30(41-28(20)42(29(26)43)17-19-2-3-19)40-21-4-6-22(7-5-21)46-23-10-12-38-13-11-23/h4-9,14-16,19,23,38H,2-3,10-13,17-18H2,1H3,(H,39,40,41). The maximum Gasteiger partial charge on any atom is 0.417 e. The van der Waals surface area contributed by atoms with E-state index in [0.29, 0.717) is 18.7 Å². The molecule has 2 aromatic carbocycles. The normalized spacial score (nSPS) is 16.4. The smallest absolute Gasteiger partial charge is 0.417 e. The van der Waals surface area contributed by atoms with Gasteiger partial charge in [0, 0.05) is 36.3 Å². The molecule has 0 bridgehead atoms. The summed E-state index contributed by atoms with van der Waals surface area (Å²) in [5.41, 5.74) is -2.24. The number of alkyl halides is 5. The van der Waals surface area contributed by atoms with Crippen molar-refractivity contribution >= 4 is 32.5 Å². The van der Waals surface area contributed by atoms with Crippen molar-refractivity contribution in [3.8, 4) is 16.9 Å². The SMILES string of the molecule is CC(F)(F)CS(=O)(=O)c1ccc(-c2cc3cnc(Nc4ccc(OC5CCNCC5)cc4)nc3n(CC3CC3)c2=O)c(C(F)(F)F)c1. The first-order valence-electron chi connectivity index (χ1n) is 15.1. The van der Waals surface area contributed by atoms with Gasteiger partial charge in [-0.1, -0.05) is 6.07 Å². The minimum Gasteiger partial charge on any atom is -0.490 e. The molecule has 15 heteroatoms. The lowest BCUT2D eigenvalue weighted by atomic mass is 9.99. The van der Waals surface area contributed by atoms with E-state index in [9.17, 15) is 35.2 Å². The van der Waals surface area contributed by atoms with Gasteiger partial charge in [-0.3, -0.25) is 9.36 Å². The fraction of sp³-hybridized carbons (Fsp3) is 0.406. The van der Waals surface area contributed by atoms with Gasteiger partial charge < -0.3 is 15.4 Å². The third-order valence-corrected chi connectivity index (χ3v) is 9.91. The monoisotopic (exact) mass is 677 g/mol. The molecule has 3 heterocycles. The van der Waals surface area contributed by atoms with Crippen LogP contribution in [0.4, 0.5) is 33.6 Å². The maximum atomic E-state index is 14.3. The summed E-state index contributed by atoms with van der Waals surface area (Å²) in [6.45, 7) is 2.38.